The Morgan fingerprint density at radius 3 is 1.14 bits per heavy atom. The van der Waals surface area contributed by atoms with Crippen LogP contribution >= 0.6 is 0 Å². The minimum Gasteiger partial charge on any atom is -0.310 e. The van der Waals surface area contributed by atoms with E-state index in [4.69, 9.17) is 5.41 Å². The standard InChI is InChI=1S/C13H25N/c14-13-11-9-7-5-3-1-2-4-6-8-10-12-13/h14H,1-12H2. The first-order valence-corrected chi connectivity index (χ1v) is 6.46. The highest BCUT2D eigenvalue weighted by Gasteiger charge is 2.00. The Bertz CT molecular complexity index is 135. The Balaban J connectivity index is 2.15. The van der Waals surface area contributed by atoms with Crippen LogP contribution in [0.2, 0.25) is 0 Å². The van der Waals surface area contributed by atoms with E-state index < -0.39 is 0 Å². The minimum absolute atomic E-state index is 1.00. The van der Waals surface area contributed by atoms with E-state index in [2.05, 4.69) is 0 Å². The van der Waals surface area contributed by atoms with Crippen LogP contribution in [0.4, 0.5) is 0 Å². The predicted octanol–water partition coefficient (Wildman–Crippen LogP) is 4.70. The van der Waals surface area contributed by atoms with Crippen molar-refractivity contribution in [3.8, 4) is 0 Å². The normalized spacial score (nSPS) is 23.3. The first-order chi connectivity index (χ1) is 6.89. The third-order valence-electron chi connectivity index (χ3n) is 3.21. The molecule has 0 aromatic carbocycles. The van der Waals surface area contributed by atoms with Crippen LogP contribution in [0, 0.1) is 5.41 Å². The predicted molar refractivity (Wildman–Crippen MR) is 63.1 cm³/mol. The van der Waals surface area contributed by atoms with Gasteiger partial charge in [0.25, 0.3) is 0 Å². The van der Waals surface area contributed by atoms with Crippen molar-refractivity contribution >= 4 is 5.71 Å². The van der Waals surface area contributed by atoms with Gasteiger partial charge in [-0.3, -0.25) is 0 Å². The van der Waals surface area contributed by atoms with Gasteiger partial charge >= 0.3 is 0 Å². The smallest absolute Gasteiger partial charge is 0.00891 e. The van der Waals surface area contributed by atoms with Crippen LogP contribution in [-0.2, 0) is 0 Å². The van der Waals surface area contributed by atoms with Crippen molar-refractivity contribution < 1.29 is 0 Å². The van der Waals surface area contributed by atoms with E-state index in [0.29, 0.717) is 0 Å². The molecule has 0 amide bonds. The monoisotopic (exact) mass is 195 g/mol. The van der Waals surface area contributed by atoms with Gasteiger partial charge in [-0.1, -0.05) is 51.4 Å². The molecule has 1 aliphatic rings. The Labute approximate surface area is 88.8 Å². The molecule has 0 bridgehead atoms. The highest BCUT2D eigenvalue weighted by molar-refractivity contribution is 5.81. The molecular weight excluding hydrogens is 170 g/mol. The molecule has 0 unspecified atom stereocenters. The van der Waals surface area contributed by atoms with Crippen LogP contribution in [0.3, 0.4) is 0 Å². The number of rotatable bonds is 0. The molecule has 14 heavy (non-hydrogen) atoms. The molecule has 1 N–H and O–H groups in total. The fourth-order valence-electron chi connectivity index (χ4n) is 2.22. The zero-order chi connectivity index (χ0) is 10.1. The quantitative estimate of drug-likeness (QED) is 0.579. The first-order valence-electron chi connectivity index (χ1n) is 6.46. The molecule has 0 heterocycles. The molecule has 1 saturated carbocycles. The summed E-state index contributed by atoms with van der Waals surface area (Å²) >= 11 is 0. The van der Waals surface area contributed by atoms with Gasteiger partial charge in [-0.05, 0) is 25.7 Å². The van der Waals surface area contributed by atoms with Crippen molar-refractivity contribution in [3.05, 3.63) is 0 Å². The van der Waals surface area contributed by atoms with Crippen molar-refractivity contribution in [1.29, 1.82) is 5.41 Å². The van der Waals surface area contributed by atoms with Crippen LogP contribution in [0.25, 0.3) is 0 Å². The topological polar surface area (TPSA) is 23.9 Å². The largest absolute Gasteiger partial charge is 0.310 e. The van der Waals surface area contributed by atoms with E-state index in [1.807, 2.05) is 0 Å². The molecule has 1 heteroatoms. The maximum atomic E-state index is 7.78. The lowest BCUT2D eigenvalue weighted by molar-refractivity contribution is 0.562. The van der Waals surface area contributed by atoms with Gasteiger partial charge in [0.2, 0.25) is 0 Å². The van der Waals surface area contributed by atoms with E-state index in [0.717, 1.165) is 18.6 Å². The van der Waals surface area contributed by atoms with Crippen molar-refractivity contribution in [2.75, 3.05) is 0 Å². The molecule has 0 aromatic heterocycles. The Morgan fingerprint density at radius 1 is 0.500 bits per heavy atom. The van der Waals surface area contributed by atoms with Crippen LogP contribution in [0.5, 0.6) is 0 Å². The molecule has 1 aliphatic carbocycles. The average molecular weight is 195 g/mol. The number of hydrogen-bond acceptors (Lipinski definition) is 1. The molecule has 82 valence electrons. The first kappa shape index (κ1) is 11.7. The van der Waals surface area contributed by atoms with Gasteiger partial charge < -0.3 is 5.41 Å². The van der Waals surface area contributed by atoms with Gasteiger partial charge in [0.1, 0.15) is 0 Å². The molecular formula is C13H25N. The van der Waals surface area contributed by atoms with E-state index >= 15 is 0 Å². The molecule has 1 fully saturated rings. The second-order valence-corrected chi connectivity index (χ2v) is 4.64. The fourth-order valence-corrected chi connectivity index (χ4v) is 2.22. The van der Waals surface area contributed by atoms with Gasteiger partial charge in [-0.2, -0.15) is 0 Å². The van der Waals surface area contributed by atoms with Gasteiger partial charge in [-0.25, -0.2) is 0 Å². The Hall–Kier alpha value is -0.330. The highest BCUT2D eigenvalue weighted by atomic mass is 14.4. The van der Waals surface area contributed by atoms with Gasteiger partial charge in [0.05, 0.1) is 0 Å². The summed E-state index contributed by atoms with van der Waals surface area (Å²) in [6, 6.07) is 0. The summed E-state index contributed by atoms with van der Waals surface area (Å²) in [7, 11) is 0. The van der Waals surface area contributed by atoms with Crippen LogP contribution in [0.15, 0.2) is 0 Å². The lowest BCUT2D eigenvalue weighted by Crippen LogP contribution is -1.96. The maximum absolute atomic E-state index is 7.78. The Kier molecular flexibility index (Phi) is 6.73. The highest BCUT2D eigenvalue weighted by Crippen LogP contribution is 2.14. The molecule has 0 saturated heterocycles. The van der Waals surface area contributed by atoms with Crippen molar-refractivity contribution in [2.45, 2.75) is 77.0 Å². The van der Waals surface area contributed by atoms with Crippen molar-refractivity contribution in [1.82, 2.24) is 0 Å². The number of nitrogens with one attached hydrogen (secondary N) is 1. The summed E-state index contributed by atoms with van der Waals surface area (Å²) in [5.41, 5.74) is 1.00. The SMILES string of the molecule is N=C1CCCCCCCCCCCC1. The van der Waals surface area contributed by atoms with E-state index in [-0.39, 0.29) is 0 Å². The lowest BCUT2D eigenvalue weighted by Gasteiger charge is -2.02. The molecule has 0 spiro atoms. The second kappa shape index (κ2) is 8.02. The van der Waals surface area contributed by atoms with E-state index in [1.54, 1.807) is 0 Å². The van der Waals surface area contributed by atoms with Crippen molar-refractivity contribution in [2.24, 2.45) is 0 Å². The average Bonchev–Trinajstić information content (AvgIpc) is 2.20. The Morgan fingerprint density at radius 2 is 0.786 bits per heavy atom. The molecule has 1 nitrogen and oxygen atoms in total. The van der Waals surface area contributed by atoms with Crippen molar-refractivity contribution in [3.63, 3.8) is 0 Å². The van der Waals surface area contributed by atoms with Gasteiger partial charge in [0, 0.05) is 5.71 Å². The minimum atomic E-state index is 1.00. The molecule has 0 aliphatic heterocycles. The van der Waals surface area contributed by atoms with Crippen LogP contribution in [0.1, 0.15) is 77.0 Å². The van der Waals surface area contributed by atoms with Crippen LogP contribution in [-0.4, -0.2) is 5.71 Å². The molecule has 0 atom stereocenters. The zero-order valence-corrected chi connectivity index (χ0v) is 9.49. The third kappa shape index (κ3) is 6.17. The van der Waals surface area contributed by atoms with Gasteiger partial charge in [-0.15, -0.1) is 0 Å². The lowest BCUT2D eigenvalue weighted by atomic mass is 10.0. The third-order valence-corrected chi connectivity index (χ3v) is 3.21. The summed E-state index contributed by atoms with van der Waals surface area (Å²) in [5, 5.41) is 7.78. The summed E-state index contributed by atoms with van der Waals surface area (Å²) < 4.78 is 0. The zero-order valence-electron chi connectivity index (χ0n) is 9.49. The summed E-state index contributed by atoms with van der Waals surface area (Å²) in [4.78, 5) is 0. The second-order valence-electron chi connectivity index (χ2n) is 4.64. The molecule has 0 radical (unpaired) electrons. The van der Waals surface area contributed by atoms with Gasteiger partial charge in [0.15, 0.2) is 0 Å². The molecule has 1 rings (SSSR count). The fraction of sp³-hybridized carbons (Fsp3) is 0.923. The maximum Gasteiger partial charge on any atom is 0.00891 e. The summed E-state index contributed by atoms with van der Waals surface area (Å²) in [5.74, 6) is 0. The van der Waals surface area contributed by atoms with E-state index in [1.165, 1.54) is 64.2 Å². The van der Waals surface area contributed by atoms with E-state index in [9.17, 15) is 0 Å². The summed E-state index contributed by atoms with van der Waals surface area (Å²) in [6.07, 6.45) is 15.9. The number of hydrogen-bond donors (Lipinski definition) is 1. The molecule has 0 aromatic rings. The van der Waals surface area contributed by atoms with Crippen LogP contribution < -0.4 is 0 Å². The summed E-state index contributed by atoms with van der Waals surface area (Å²) in [6.45, 7) is 0.